The molecule has 0 radical (unpaired) electrons. The number of nitrogens with zero attached hydrogens (tertiary/aromatic N) is 3. The molecule has 28 heavy (non-hydrogen) atoms. The Hall–Kier alpha value is -1.71. The van der Waals surface area contributed by atoms with Crippen molar-refractivity contribution >= 4 is 31.9 Å². The van der Waals surface area contributed by atoms with Crippen LogP contribution in [0.5, 0.6) is 0 Å². The Morgan fingerprint density at radius 3 is 2.39 bits per heavy atom. The zero-order chi connectivity index (χ0) is 20.5. The predicted octanol–water partition coefficient (Wildman–Crippen LogP) is 2.65. The number of halogens is 1. The maximum Gasteiger partial charge on any atom is 0.255 e. The zero-order valence-electron chi connectivity index (χ0n) is 16.3. The van der Waals surface area contributed by atoms with Gasteiger partial charge in [-0.1, -0.05) is 15.9 Å². The summed E-state index contributed by atoms with van der Waals surface area (Å²) in [4.78, 5) is 12.8. The Labute approximate surface area is 174 Å². The Morgan fingerprint density at radius 1 is 1.21 bits per heavy atom. The molecule has 0 spiro atoms. The van der Waals surface area contributed by atoms with Gasteiger partial charge in [-0.25, -0.2) is 17.4 Å². The van der Waals surface area contributed by atoms with Gasteiger partial charge in [0.15, 0.2) is 0 Å². The van der Waals surface area contributed by atoms with E-state index in [9.17, 15) is 13.2 Å². The molecule has 152 valence electrons. The van der Waals surface area contributed by atoms with Crippen LogP contribution in [0.15, 0.2) is 28.7 Å². The first-order valence-corrected chi connectivity index (χ1v) is 11.9. The fourth-order valence-corrected chi connectivity index (χ4v) is 4.71. The number of sulfonamides is 1. The largest absolute Gasteiger partial charge is 0.352 e. The fraction of sp³-hybridized carbons (Fsp3) is 0.474. The summed E-state index contributed by atoms with van der Waals surface area (Å²) in [6, 6.07) is 7.77. The molecule has 9 heteroatoms. The molecule has 7 nitrogen and oxygen atoms in total. The highest BCUT2D eigenvalue weighted by molar-refractivity contribution is 9.10. The van der Waals surface area contributed by atoms with Gasteiger partial charge in [-0.3, -0.25) is 4.79 Å². The summed E-state index contributed by atoms with van der Waals surface area (Å²) in [6.45, 7) is 5.29. The highest BCUT2D eigenvalue weighted by Crippen LogP contribution is 2.21. The Kier molecular flexibility index (Phi) is 6.26. The minimum Gasteiger partial charge on any atom is -0.352 e. The molecular weight excluding hydrogens is 444 g/mol. The van der Waals surface area contributed by atoms with Crippen molar-refractivity contribution in [2.24, 2.45) is 5.92 Å². The van der Waals surface area contributed by atoms with Gasteiger partial charge in [-0.2, -0.15) is 5.10 Å². The Balaban J connectivity index is 1.65. The number of carbonyl (C=O) groups excluding carboxylic acids is 1. The summed E-state index contributed by atoms with van der Waals surface area (Å²) in [5, 5.41) is 7.54. The molecule has 0 unspecified atom stereocenters. The van der Waals surface area contributed by atoms with Crippen LogP contribution in [0.3, 0.4) is 0 Å². The molecule has 1 fully saturated rings. The van der Waals surface area contributed by atoms with E-state index in [1.165, 1.54) is 10.6 Å². The second-order valence-electron chi connectivity index (χ2n) is 7.25. The van der Waals surface area contributed by atoms with Crippen LogP contribution in [0.1, 0.15) is 34.6 Å². The third kappa shape index (κ3) is 4.64. The van der Waals surface area contributed by atoms with Crippen LogP contribution in [-0.2, 0) is 10.0 Å². The average molecular weight is 469 g/mol. The van der Waals surface area contributed by atoms with Crippen LogP contribution in [0.25, 0.3) is 5.69 Å². The topological polar surface area (TPSA) is 84.3 Å². The monoisotopic (exact) mass is 468 g/mol. The number of nitrogens with one attached hydrogen (secondary N) is 1. The Morgan fingerprint density at radius 2 is 1.82 bits per heavy atom. The fourth-order valence-electron chi connectivity index (χ4n) is 3.58. The normalized spacial score (nSPS) is 16.3. The van der Waals surface area contributed by atoms with Crippen molar-refractivity contribution < 1.29 is 13.2 Å². The van der Waals surface area contributed by atoms with Crippen molar-refractivity contribution in [3.05, 3.63) is 45.7 Å². The number of hydrogen-bond acceptors (Lipinski definition) is 4. The quantitative estimate of drug-likeness (QED) is 0.730. The van der Waals surface area contributed by atoms with E-state index >= 15 is 0 Å². The molecule has 1 N–H and O–H groups in total. The van der Waals surface area contributed by atoms with Crippen LogP contribution in [0.2, 0.25) is 0 Å². The number of hydrogen-bond donors (Lipinski definition) is 1. The van der Waals surface area contributed by atoms with E-state index in [1.807, 2.05) is 38.1 Å². The third-order valence-corrected chi connectivity index (χ3v) is 7.02. The number of rotatable bonds is 5. The average Bonchev–Trinajstić information content (AvgIpc) is 2.94. The summed E-state index contributed by atoms with van der Waals surface area (Å²) in [5.41, 5.74) is 2.97. The lowest BCUT2D eigenvalue weighted by Gasteiger charge is -2.30. The van der Waals surface area contributed by atoms with E-state index in [4.69, 9.17) is 0 Å². The van der Waals surface area contributed by atoms with E-state index in [0.717, 1.165) is 28.7 Å². The zero-order valence-corrected chi connectivity index (χ0v) is 18.7. The lowest BCUT2D eigenvalue weighted by Crippen LogP contribution is -2.41. The van der Waals surface area contributed by atoms with Gasteiger partial charge in [-0.15, -0.1) is 0 Å². The van der Waals surface area contributed by atoms with Gasteiger partial charge < -0.3 is 5.32 Å². The van der Waals surface area contributed by atoms with Crippen LogP contribution < -0.4 is 5.32 Å². The molecule has 0 bridgehead atoms. The number of aryl methyl sites for hydroxylation is 1. The van der Waals surface area contributed by atoms with Gasteiger partial charge in [-0.05, 0) is 56.9 Å². The van der Waals surface area contributed by atoms with E-state index in [2.05, 4.69) is 26.3 Å². The van der Waals surface area contributed by atoms with Gasteiger partial charge in [0, 0.05) is 24.1 Å². The van der Waals surface area contributed by atoms with Crippen LogP contribution in [0, 0.1) is 19.8 Å². The standard InChI is InChI=1S/C19H25BrN4O3S/c1-13-18(14(2)24(22-13)17-6-4-16(20)5-7-17)19(25)21-12-15-8-10-23(11-9-15)28(3,26)27/h4-7,15H,8-12H2,1-3H3,(H,21,25). The molecule has 1 saturated heterocycles. The first-order valence-electron chi connectivity index (χ1n) is 9.22. The number of carbonyl (C=O) groups is 1. The summed E-state index contributed by atoms with van der Waals surface area (Å²) in [5.74, 6) is 0.146. The molecule has 1 amide bonds. The van der Waals surface area contributed by atoms with Gasteiger partial charge >= 0.3 is 0 Å². The van der Waals surface area contributed by atoms with Gasteiger partial charge in [0.1, 0.15) is 0 Å². The van der Waals surface area contributed by atoms with Gasteiger partial charge in [0.25, 0.3) is 5.91 Å². The lowest BCUT2D eigenvalue weighted by atomic mass is 9.98. The second kappa shape index (κ2) is 8.34. The third-order valence-electron chi connectivity index (χ3n) is 5.18. The van der Waals surface area contributed by atoms with Crippen LogP contribution >= 0.6 is 15.9 Å². The summed E-state index contributed by atoms with van der Waals surface area (Å²) < 4.78 is 27.5. The van der Waals surface area contributed by atoms with E-state index < -0.39 is 10.0 Å². The minimum atomic E-state index is -3.13. The van der Waals surface area contributed by atoms with Crippen molar-refractivity contribution in [2.45, 2.75) is 26.7 Å². The highest BCUT2D eigenvalue weighted by atomic mass is 79.9. The van der Waals surface area contributed by atoms with E-state index in [1.54, 1.807) is 4.68 Å². The molecule has 2 heterocycles. The lowest BCUT2D eigenvalue weighted by molar-refractivity contribution is 0.0940. The van der Waals surface area contributed by atoms with Gasteiger partial charge in [0.2, 0.25) is 10.0 Å². The molecule has 2 aromatic rings. The minimum absolute atomic E-state index is 0.135. The summed E-state index contributed by atoms with van der Waals surface area (Å²) in [7, 11) is -3.13. The summed E-state index contributed by atoms with van der Waals surface area (Å²) in [6.07, 6.45) is 2.75. The van der Waals surface area contributed by atoms with Crippen LogP contribution in [-0.4, -0.2) is 54.3 Å². The first-order chi connectivity index (χ1) is 13.2. The molecule has 0 aliphatic carbocycles. The van der Waals surface area contributed by atoms with E-state index in [0.29, 0.717) is 30.9 Å². The van der Waals surface area contributed by atoms with Crippen molar-refractivity contribution in [1.82, 2.24) is 19.4 Å². The number of piperidine rings is 1. The SMILES string of the molecule is Cc1nn(-c2ccc(Br)cc2)c(C)c1C(=O)NCC1CCN(S(C)(=O)=O)CC1. The molecule has 0 atom stereocenters. The predicted molar refractivity (Wildman–Crippen MR) is 112 cm³/mol. The molecule has 0 saturated carbocycles. The Bertz CT molecular complexity index is 962. The molecule has 3 rings (SSSR count). The van der Waals surface area contributed by atoms with Crippen molar-refractivity contribution in [2.75, 3.05) is 25.9 Å². The molecular formula is C19H25BrN4O3S. The molecule has 1 aromatic heterocycles. The maximum absolute atomic E-state index is 12.8. The first kappa shape index (κ1) is 21.0. The summed E-state index contributed by atoms with van der Waals surface area (Å²) >= 11 is 3.42. The van der Waals surface area contributed by atoms with Crippen LogP contribution in [0.4, 0.5) is 0 Å². The number of aromatic nitrogens is 2. The smallest absolute Gasteiger partial charge is 0.255 e. The molecule has 1 aliphatic rings. The highest BCUT2D eigenvalue weighted by Gasteiger charge is 2.26. The van der Waals surface area contributed by atoms with Crippen molar-refractivity contribution in [1.29, 1.82) is 0 Å². The van der Waals surface area contributed by atoms with E-state index in [-0.39, 0.29) is 11.8 Å². The molecule has 1 aromatic carbocycles. The number of benzene rings is 1. The maximum atomic E-state index is 12.8. The molecule has 1 aliphatic heterocycles. The second-order valence-corrected chi connectivity index (χ2v) is 10.1. The van der Waals surface area contributed by atoms with Gasteiger partial charge in [0.05, 0.1) is 28.9 Å². The van der Waals surface area contributed by atoms with Crippen molar-refractivity contribution in [3.63, 3.8) is 0 Å². The number of amides is 1. The van der Waals surface area contributed by atoms with Crippen molar-refractivity contribution in [3.8, 4) is 5.69 Å².